The van der Waals surface area contributed by atoms with Gasteiger partial charge in [0.2, 0.25) is 5.91 Å². The molecule has 0 radical (unpaired) electrons. The third kappa shape index (κ3) is 3.74. The van der Waals surface area contributed by atoms with Gasteiger partial charge < -0.3 is 9.64 Å². The van der Waals surface area contributed by atoms with E-state index >= 15 is 0 Å². The molecule has 31 heavy (non-hydrogen) atoms. The summed E-state index contributed by atoms with van der Waals surface area (Å²) in [4.78, 5) is 18.2. The van der Waals surface area contributed by atoms with Crippen LogP contribution in [0.3, 0.4) is 0 Å². The van der Waals surface area contributed by atoms with E-state index in [1.807, 2.05) is 18.0 Å². The van der Waals surface area contributed by atoms with Gasteiger partial charge in [0.1, 0.15) is 5.75 Å². The molecule has 2 atom stereocenters. The molecule has 162 valence electrons. The number of hydrogen-bond acceptors (Lipinski definition) is 4. The highest BCUT2D eigenvalue weighted by Crippen LogP contribution is 2.41. The Bertz CT molecular complexity index is 1090. The number of amides is 1. The van der Waals surface area contributed by atoms with Crippen molar-refractivity contribution in [3.8, 4) is 5.75 Å². The van der Waals surface area contributed by atoms with Crippen molar-refractivity contribution in [2.24, 2.45) is 0 Å². The zero-order valence-corrected chi connectivity index (χ0v) is 19.2. The molecule has 1 fully saturated rings. The van der Waals surface area contributed by atoms with E-state index in [2.05, 4.69) is 46.7 Å². The molecular weight excluding hydrogens is 404 g/mol. The van der Waals surface area contributed by atoms with Gasteiger partial charge in [-0.15, -0.1) is 11.3 Å². The van der Waals surface area contributed by atoms with Gasteiger partial charge in [0.15, 0.2) is 0 Å². The van der Waals surface area contributed by atoms with Crippen molar-refractivity contribution in [1.29, 1.82) is 0 Å². The molecule has 5 heteroatoms. The van der Waals surface area contributed by atoms with E-state index in [1.165, 1.54) is 34.1 Å². The van der Waals surface area contributed by atoms with Gasteiger partial charge in [0.05, 0.1) is 19.6 Å². The average Bonchev–Trinajstić information content (AvgIpc) is 3.48. The van der Waals surface area contributed by atoms with Crippen molar-refractivity contribution < 1.29 is 9.53 Å². The number of carbonyl (C=O) groups excluding carboxylic acids is 1. The third-order valence-electron chi connectivity index (χ3n) is 7.09. The van der Waals surface area contributed by atoms with Crippen LogP contribution in [0.2, 0.25) is 0 Å². The summed E-state index contributed by atoms with van der Waals surface area (Å²) >= 11 is 1.72. The van der Waals surface area contributed by atoms with Gasteiger partial charge in [-0.3, -0.25) is 9.69 Å². The predicted octanol–water partition coefficient (Wildman–Crippen LogP) is 5.06. The standard InChI is InChI=1S/C26H30N2O2S/c1-27(25(29)16-18-17-31-24-11-4-3-8-19(18)24)26-21-9-7-10-23(30-2)20(21)12-13-22(26)28-14-5-6-15-28/h3-4,7-11,17,22,26H,5-6,12-16H2,1-2H3/t22-,26-/m0/s1. The number of methoxy groups -OCH3 is 1. The summed E-state index contributed by atoms with van der Waals surface area (Å²) in [6.07, 6.45) is 5.04. The summed E-state index contributed by atoms with van der Waals surface area (Å²) in [5.41, 5.74) is 3.66. The fourth-order valence-electron chi connectivity index (χ4n) is 5.51. The summed E-state index contributed by atoms with van der Waals surface area (Å²) in [5.74, 6) is 1.14. The highest BCUT2D eigenvalue weighted by Gasteiger charge is 2.39. The van der Waals surface area contributed by atoms with Crippen LogP contribution >= 0.6 is 11.3 Å². The van der Waals surface area contributed by atoms with Gasteiger partial charge in [0.25, 0.3) is 0 Å². The first-order valence-corrected chi connectivity index (χ1v) is 12.2. The number of likely N-dealkylation sites (tertiary alicyclic amines) is 1. The Morgan fingerprint density at radius 1 is 1.16 bits per heavy atom. The molecule has 0 N–H and O–H groups in total. The quantitative estimate of drug-likeness (QED) is 0.563. The van der Waals surface area contributed by atoms with Gasteiger partial charge in [-0.1, -0.05) is 30.3 Å². The van der Waals surface area contributed by atoms with E-state index in [1.54, 1.807) is 18.4 Å². The fourth-order valence-corrected chi connectivity index (χ4v) is 6.47. The van der Waals surface area contributed by atoms with E-state index < -0.39 is 0 Å². The van der Waals surface area contributed by atoms with Crippen molar-refractivity contribution in [3.63, 3.8) is 0 Å². The Labute approximate surface area is 188 Å². The molecule has 1 saturated heterocycles. The number of fused-ring (bicyclic) bond motifs is 2. The first-order valence-electron chi connectivity index (χ1n) is 11.3. The SMILES string of the molecule is COc1cccc2c1CC[C@H](N1CCCC1)[C@H]2N(C)C(=O)Cc1csc2ccccc12. The minimum atomic E-state index is 0.0642. The van der Waals surface area contributed by atoms with E-state index in [9.17, 15) is 4.79 Å². The van der Waals surface area contributed by atoms with Crippen LogP contribution < -0.4 is 4.74 Å². The van der Waals surface area contributed by atoms with Crippen LogP contribution in [0.15, 0.2) is 47.8 Å². The van der Waals surface area contributed by atoms with E-state index in [-0.39, 0.29) is 11.9 Å². The number of likely N-dealkylation sites (N-methyl/N-ethyl adjacent to an activating group) is 1. The Hall–Kier alpha value is -2.37. The smallest absolute Gasteiger partial charge is 0.227 e. The number of thiophene rings is 1. The predicted molar refractivity (Wildman–Crippen MR) is 127 cm³/mol. The van der Waals surface area contributed by atoms with E-state index in [0.717, 1.165) is 37.2 Å². The van der Waals surface area contributed by atoms with Gasteiger partial charge in [-0.25, -0.2) is 0 Å². The van der Waals surface area contributed by atoms with Crippen molar-refractivity contribution in [2.75, 3.05) is 27.2 Å². The Morgan fingerprint density at radius 3 is 2.77 bits per heavy atom. The van der Waals surface area contributed by atoms with Crippen LogP contribution in [0.25, 0.3) is 10.1 Å². The summed E-state index contributed by atoms with van der Waals surface area (Å²) < 4.78 is 6.93. The number of ether oxygens (including phenoxy) is 1. The van der Waals surface area contributed by atoms with Gasteiger partial charge in [0, 0.05) is 17.8 Å². The monoisotopic (exact) mass is 434 g/mol. The molecule has 2 heterocycles. The molecule has 1 aliphatic heterocycles. The summed E-state index contributed by atoms with van der Waals surface area (Å²) in [5, 5.41) is 3.35. The van der Waals surface area contributed by atoms with Crippen molar-refractivity contribution >= 4 is 27.3 Å². The fraction of sp³-hybridized carbons (Fsp3) is 0.423. The lowest BCUT2D eigenvalue weighted by Crippen LogP contribution is -2.48. The minimum absolute atomic E-state index is 0.0642. The minimum Gasteiger partial charge on any atom is -0.496 e. The number of rotatable bonds is 5. The maximum absolute atomic E-state index is 13.6. The number of hydrogen-bond donors (Lipinski definition) is 0. The van der Waals surface area contributed by atoms with Crippen LogP contribution in [0.4, 0.5) is 0 Å². The summed E-state index contributed by atoms with van der Waals surface area (Å²) in [6.45, 7) is 2.27. The summed E-state index contributed by atoms with van der Waals surface area (Å²) in [6, 6.07) is 15.1. The van der Waals surface area contributed by atoms with Crippen molar-refractivity contribution in [1.82, 2.24) is 9.80 Å². The second-order valence-corrected chi connectivity index (χ2v) is 9.67. The van der Waals surface area contributed by atoms with E-state index in [4.69, 9.17) is 4.74 Å². The highest BCUT2D eigenvalue weighted by atomic mass is 32.1. The summed E-state index contributed by atoms with van der Waals surface area (Å²) in [7, 11) is 3.74. The van der Waals surface area contributed by atoms with Crippen LogP contribution in [-0.4, -0.2) is 49.0 Å². The van der Waals surface area contributed by atoms with Gasteiger partial charge >= 0.3 is 0 Å². The third-order valence-corrected chi connectivity index (χ3v) is 8.10. The normalized spacial score (nSPS) is 21.2. The maximum atomic E-state index is 13.6. The van der Waals surface area contributed by atoms with Crippen molar-refractivity contribution in [2.45, 2.75) is 44.2 Å². The molecule has 4 nitrogen and oxygen atoms in total. The molecule has 0 spiro atoms. The first kappa shape index (κ1) is 20.5. The van der Waals surface area contributed by atoms with Crippen LogP contribution in [0.1, 0.15) is 42.0 Å². The molecule has 1 amide bonds. The molecule has 3 aromatic rings. The topological polar surface area (TPSA) is 32.8 Å². The highest BCUT2D eigenvalue weighted by molar-refractivity contribution is 7.17. The first-order chi connectivity index (χ1) is 15.2. The second-order valence-electron chi connectivity index (χ2n) is 8.76. The number of carbonyl (C=O) groups is 1. The number of benzene rings is 2. The molecule has 5 rings (SSSR count). The Morgan fingerprint density at radius 2 is 1.97 bits per heavy atom. The lowest BCUT2D eigenvalue weighted by molar-refractivity contribution is -0.133. The Balaban J connectivity index is 1.48. The maximum Gasteiger partial charge on any atom is 0.227 e. The molecule has 0 saturated carbocycles. The molecule has 0 unspecified atom stereocenters. The lowest BCUT2D eigenvalue weighted by Gasteiger charge is -2.44. The molecule has 0 bridgehead atoms. The lowest BCUT2D eigenvalue weighted by atomic mass is 9.81. The van der Waals surface area contributed by atoms with E-state index in [0.29, 0.717) is 12.5 Å². The zero-order chi connectivity index (χ0) is 21.4. The van der Waals surface area contributed by atoms with Gasteiger partial charge in [-0.2, -0.15) is 0 Å². The molecular formula is C26H30N2O2S. The zero-order valence-electron chi connectivity index (χ0n) is 18.3. The number of nitrogens with zero attached hydrogens (tertiary/aromatic N) is 2. The largest absolute Gasteiger partial charge is 0.496 e. The molecule has 2 aromatic carbocycles. The van der Waals surface area contributed by atoms with Gasteiger partial charge in [-0.05, 0) is 78.4 Å². The molecule has 1 aliphatic carbocycles. The molecule has 1 aromatic heterocycles. The second kappa shape index (κ2) is 8.64. The average molecular weight is 435 g/mol. The molecule has 2 aliphatic rings. The van der Waals surface area contributed by atoms with Crippen LogP contribution in [-0.2, 0) is 17.6 Å². The van der Waals surface area contributed by atoms with Crippen molar-refractivity contribution in [3.05, 3.63) is 64.5 Å². The Kier molecular flexibility index (Phi) is 5.72. The van der Waals surface area contributed by atoms with Crippen LogP contribution in [0, 0.1) is 0 Å². The van der Waals surface area contributed by atoms with Crippen LogP contribution in [0.5, 0.6) is 5.75 Å².